The summed E-state index contributed by atoms with van der Waals surface area (Å²) in [4.78, 5) is 42.6. The first-order valence-electron chi connectivity index (χ1n) is 11.7. The lowest BCUT2D eigenvalue weighted by molar-refractivity contribution is -0.170. The van der Waals surface area contributed by atoms with Gasteiger partial charge in [0.1, 0.15) is 12.2 Å². The van der Waals surface area contributed by atoms with Crippen LogP contribution in [0.2, 0.25) is 0 Å². The van der Waals surface area contributed by atoms with Gasteiger partial charge < -0.3 is 25.6 Å². The van der Waals surface area contributed by atoms with E-state index in [0.717, 1.165) is 5.56 Å². The Hall–Kier alpha value is -3.63. The van der Waals surface area contributed by atoms with Crippen LogP contribution >= 0.6 is 0 Å². The quantitative estimate of drug-likeness (QED) is 0.183. The van der Waals surface area contributed by atoms with Crippen LogP contribution in [0.1, 0.15) is 45.6 Å². The number of carboxylic acids is 1. The van der Waals surface area contributed by atoms with E-state index in [1.807, 2.05) is 6.07 Å². The maximum absolute atomic E-state index is 13.0. The number of alkyl carbamates (subject to hydrolysis) is 1. The number of esters is 1. The van der Waals surface area contributed by atoms with Gasteiger partial charge in [0.15, 0.2) is 5.54 Å². The molecule has 1 unspecified atom stereocenters. The van der Waals surface area contributed by atoms with Gasteiger partial charge in [0.25, 0.3) is 0 Å². The van der Waals surface area contributed by atoms with Crippen LogP contribution in [0.3, 0.4) is 0 Å². The molecule has 0 heterocycles. The Balaban J connectivity index is 2.05. The third-order valence-electron chi connectivity index (χ3n) is 5.06. The number of carboxylic acid groups (broad SMARTS) is 1. The summed E-state index contributed by atoms with van der Waals surface area (Å²) in [6.07, 6.45) is -1.64. The maximum Gasteiger partial charge on any atom is 0.407 e. The number of carbonyl (C=O) groups excluding carboxylic acids is 2. The van der Waals surface area contributed by atoms with Gasteiger partial charge in [-0.25, -0.2) is 9.59 Å². The molecule has 2 atom stereocenters. The zero-order valence-electron chi connectivity index (χ0n) is 20.9. The maximum atomic E-state index is 13.0. The number of aliphatic carboxylic acids is 1. The number of amides is 1. The van der Waals surface area contributed by atoms with Gasteiger partial charge >= 0.3 is 18.0 Å². The van der Waals surface area contributed by atoms with Gasteiger partial charge in [0, 0.05) is 6.54 Å². The molecule has 10 heteroatoms. The van der Waals surface area contributed by atoms with Crippen LogP contribution in [0.25, 0.3) is 0 Å². The fourth-order valence-electron chi connectivity index (χ4n) is 3.20. The minimum atomic E-state index is -2.10. The first kappa shape index (κ1) is 28.6. The van der Waals surface area contributed by atoms with Crippen LogP contribution in [0.5, 0.6) is 0 Å². The Morgan fingerprint density at radius 1 is 0.972 bits per heavy atom. The molecule has 0 aromatic heterocycles. The summed E-state index contributed by atoms with van der Waals surface area (Å²) >= 11 is 0. The Morgan fingerprint density at radius 2 is 1.58 bits per heavy atom. The van der Waals surface area contributed by atoms with E-state index >= 15 is 0 Å². The van der Waals surface area contributed by atoms with Crippen molar-refractivity contribution in [2.75, 3.05) is 12.0 Å². The molecule has 2 aromatic rings. The molecule has 2 aromatic carbocycles. The predicted molar refractivity (Wildman–Crippen MR) is 134 cm³/mol. The van der Waals surface area contributed by atoms with E-state index in [1.165, 1.54) is 0 Å². The van der Waals surface area contributed by atoms with Crippen LogP contribution in [0.15, 0.2) is 60.7 Å². The number of benzene rings is 2. The molecule has 0 bridgehead atoms. The van der Waals surface area contributed by atoms with E-state index in [1.54, 1.807) is 75.4 Å². The molecule has 0 saturated heterocycles. The van der Waals surface area contributed by atoms with Gasteiger partial charge in [-0.3, -0.25) is 15.1 Å². The van der Waals surface area contributed by atoms with Crippen molar-refractivity contribution >= 4 is 23.7 Å². The van der Waals surface area contributed by atoms with Crippen molar-refractivity contribution in [2.45, 2.75) is 63.9 Å². The number of unbranched alkanes of at least 4 members (excludes halogenated alkanes) is 1. The van der Waals surface area contributed by atoms with E-state index in [-0.39, 0.29) is 26.0 Å². The number of nitrogens with one attached hydrogen (secondary N) is 2. The van der Waals surface area contributed by atoms with Crippen LogP contribution in [0, 0.1) is 0 Å². The standard InChI is InChI=1S/C26H35N3O7/c1-25(2,3)35-24(33)28-17-11-10-16-26(27,23(31)32)21(36-29-20-14-8-5-9-15-20)22(30)34-18-19-12-6-4-7-13-19/h4-9,12-15,21,29H,10-11,16-18,27H2,1-3H3,(H,28,33)(H,31,32)/t21?,26-/m0/s1. The summed E-state index contributed by atoms with van der Waals surface area (Å²) in [6.45, 7) is 5.44. The van der Waals surface area contributed by atoms with Crippen molar-refractivity contribution in [3.05, 3.63) is 66.2 Å². The lowest BCUT2D eigenvalue weighted by atomic mass is 9.87. The molecule has 0 aliphatic rings. The summed E-state index contributed by atoms with van der Waals surface area (Å²) in [5.74, 6) is -2.34. The average Bonchev–Trinajstić information content (AvgIpc) is 2.82. The number of nitrogens with two attached hydrogens (primary N) is 1. The Morgan fingerprint density at radius 3 is 2.17 bits per heavy atom. The van der Waals surface area contributed by atoms with Crippen LogP contribution in [0.4, 0.5) is 10.5 Å². The summed E-state index contributed by atoms with van der Waals surface area (Å²) < 4.78 is 10.5. The minimum Gasteiger partial charge on any atom is -0.480 e. The molecule has 0 aliphatic carbocycles. The summed E-state index contributed by atoms with van der Waals surface area (Å²) in [7, 11) is 0. The second-order valence-electron chi connectivity index (χ2n) is 9.29. The predicted octanol–water partition coefficient (Wildman–Crippen LogP) is 3.62. The van der Waals surface area contributed by atoms with E-state index in [0.29, 0.717) is 12.1 Å². The molecule has 5 N–H and O–H groups in total. The topological polar surface area (TPSA) is 149 Å². The minimum absolute atomic E-state index is 0.0691. The molecular weight excluding hydrogens is 466 g/mol. The second-order valence-corrected chi connectivity index (χ2v) is 9.29. The van der Waals surface area contributed by atoms with Gasteiger partial charge in [-0.1, -0.05) is 48.5 Å². The second kappa shape index (κ2) is 13.5. The van der Waals surface area contributed by atoms with Gasteiger partial charge in [0.05, 0.1) is 5.69 Å². The van der Waals surface area contributed by atoms with E-state index in [9.17, 15) is 19.5 Å². The highest BCUT2D eigenvalue weighted by molar-refractivity contribution is 5.89. The smallest absolute Gasteiger partial charge is 0.407 e. The van der Waals surface area contributed by atoms with Crippen molar-refractivity contribution < 1.29 is 33.8 Å². The van der Waals surface area contributed by atoms with Crippen LogP contribution < -0.4 is 16.5 Å². The summed E-state index contributed by atoms with van der Waals surface area (Å²) in [5.41, 5.74) is 7.38. The SMILES string of the molecule is CC(C)(C)OC(=O)NCCCC[C@@](N)(C(=O)O)C(ONc1ccccc1)C(=O)OCc1ccccc1. The number of anilines is 1. The Bertz CT molecular complexity index is 980. The molecular formula is C26H35N3O7. The molecule has 0 fully saturated rings. The number of rotatable bonds is 13. The Labute approximate surface area is 211 Å². The normalized spacial score (nSPS) is 13.7. The molecule has 10 nitrogen and oxygen atoms in total. The molecule has 0 spiro atoms. The molecule has 0 radical (unpaired) electrons. The van der Waals surface area contributed by atoms with Crippen molar-refractivity contribution in [2.24, 2.45) is 5.73 Å². The molecule has 1 amide bonds. The molecule has 36 heavy (non-hydrogen) atoms. The van der Waals surface area contributed by atoms with Gasteiger partial charge in [-0.05, 0) is 57.7 Å². The summed E-state index contributed by atoms with van der Waals surface area (Å²) in [5, 5.41) is 12.6. The van der Waals surface area contributed by atoms with Crippen LogP contribution in [-0.2, 0) is 30.5 Å². The van der Waals surface area contributed by atoms with Gasteiger partial charge in [-0.15, -0.1) is 0 Å². The average molecular weight is 502 g/mol. The number of para-hydroxylation sites is 1. The molecule has 2 rings (SSSR count). The summed E-state index contributed by atoms with van der Waals surface area (Å²) in [6, 6.07) is 17.6. The number of hydrogen-bond donors (Lipinski definition) is 4. The lowest BCUT2D eigenvalue weighted by Gasteiger charge is -2.31. The van der Waals surface area contributed by atoms with E-state index in [4.69, 9.17) is 20.0 Å². The highest BCUT2D eigenvalue weighted by Gasteiger charge is 2.49. The van der Waals surface area contributed by atoms with Crippen molar-refractivity contribution in [3.63, 3.8) is 0 Å². The van der Waals surface area contributed by atoms with Gasteiger partial charge in [-0.2, -0.15) is 0 Å². The van der Waals surface area contributed by atoms with Gasteiger partial charge in [0.2, 0.25) is 6.10 Å². The fraction of sp³-hybridized carbons (Fsp3) is 0.423. The number of ether oxygens (including phenoxy) is 2. The largest absolute Gasteiger partial charge is 0.480 e. The van der Waals surface area contributed by atoms with E-state index < -0.39 is 35.3 Å². The lowest BCUT2D eigenvalue weighted by Crippen LogP contribution is -2.62. The molecule has 196 valence electrons. The highest BCUT2D eigenvalue weighted by Crippen LogP contribution is 2.22. The number of carbonyl (C=O) groups is 3. The first-order valence-corrected chi connectivity index (χ1v) is 11.7. The highest BCUT2D eigenvalue weighted by atomic mass is 16.7. The van der Waals surface area contributed by atoms with Crippen molar-refractivity contribution in [1.29, 1.82) is 0 Å². The Kier molecular flexibility index (Phi) is 10.7. The third-order valence-corrected chi connectivity index (χ3v) is 5.06. The van der Waals surface area contributed by atoms with Crippen LogP contribution in [-0.4, -0.2) is 46.9 Å². The van der Waals surface area contributed by atoms with Crippen molar-refractivity contribution in [1.82, 2.24) is 5.32 Å². The zero-order chi connectivity index (χ0) is 26.6. The zero-order valence-corrected chi connectivity index (χ0v) is 20.9. The first-order chi connectivity index (χ1) is 17.0. The molecule has 0 aliphatic heterocycles. The monoisotopic (exact) mass is 501 g/mol. The molecule has 0 saturated carbocycles. The fourth-order valence-corrected chi connectivity index (χ4v) is 3.20. The van der Waals surface area contributed by atoms with E-state index in [2.05, 4.69) is 10.8 Å². The third kappa shape index (κ3) is 9.55. The number of hydrogen-bond acceptors (Lipinski definition) is 8. The van der Waals surface area contributed by atoms with Crippen molar-refractivity contribution in [3.8, 4) is 0 Å².